The first kappa shape index (κ1) is 27.9. The number of piperidine rings is 1. The van der Waals surface area contributed by atoms with Gasteiger partial charge in [-0.05, 0) is 92.3 Å². The number of benzene rings is 2. The molecular formula is C30H40N6O4. The van der Waals surface area contributed by atoms with Crippen molar-refractivity contribution in [3.05, 3.63) is 64.0 Å². The quantitative estimate of drug-likeness (QED) is 0.446. The molecule has 0 radical (unpaired) electrons. The predicted octanol–water partition coefficient (Wildman–Crippen LogP) is 4.43. The van der Waals surface area contributed by atoms with E-state index >= 15 is 0 Å². The summed E-state index contributed by atoms with van der Waals surface area (Å²) in [5.74, 6) is 2.25. The molecule has 1 fully saturated rings. The molecule has 0 saturated carbocycles. The maximum Gasteiger partial charge on any atom is 0.407 e. The molecule has 1 amide bonds. The Hall–Kier alpha value is -3.66. The zero-order valence-electron chi connectivity index (χ0n) is 24.3. The van der Waals surface area contributed by atoms with E-state index in [2.05, 4.69) is 75.0 Å². The lowest BCUT2D eigenvalue weighted by Crippen LogP contribution is -2.53. The summed E-state index contributed by atoms with van der Waals surface area (Å²) in [6, 6.07) is 10.9. The Labute approximate surface area is 235 Å². The maximum absolute atomic E-state index is 13.0. The molecule has 214 valence electrons. The number of alkyl carbamates (subject to hydrolysis) is 1. The molecule has 3 atom stereocenters. The second-order valence-corrected chi connectivity index (χ2v) is 11.9. The summed E-state index contributed by atoms with van der Waals surface area (Å²) in [7, 11) is 1.67. The van der Waals surface area contributed by atoms with E-state index in [1.54, 1.807) is 7.11 Å². The standard InChI is InChI=1S/C30H40N6O4/c1-18-7-8-19(2)21(13-18)23-17-36-11-9-20-14-27(39-12-10-28-32-34-35-33-28)26(38-6)15-22(20)25(36)16-24(23)31-29(37)40-30(3,4)5/h7-8,13-15,23-25H,9-12,16-17H2,1-6H3,(H,31,37)(H,32,33,34,35). The number of nitrogens with one attached hydrogen (secondary N) is 2. The van der Waals surface area contributed by atoms with E-state index in [-0.39, 0.29) is 24.1 Å². The minimum absolute atomic E-state index is 0.0833. The number of aromatic amines is 1. The van der Waals surface area contributed by atoms with Crippen molar-refractivity contribution in [2.45, 2.75) is 77.5 Å². The number of fused-ring (bicyclic) bond motifs is 3. The van der Waals surface area contributed by atoms with Gasteiger partial charge in [-0.15, -0.1) is 5.10 Å². The van der Waals surface area contributed by atoms with Gasteiger partial charge in [-0.25, -0.2) is 9.89 Å². The number of amides is 1. The van der Waals surface area contributed by atoms with Crippen molar-refractivity contribution in [1.29, 1.82) is 0 Å². The van der Waals surface area contributed by atoms with Crippen LogP contribution in [0.4, 0.5) is 4.79 Å². The van der Waals surface area contributed by atoms with Crippen LogP contribution in [0.5, 0.6) is 11.5 Å². The molecule has 2 aliphatic rings. The van der Waals surface area contributed by atoms with Crippen molar-refractivity contribution in [3.63, 3.8) is 0 Å². The van der Waals surface area contributed by atoms with E-state index in [0.29, 0.717) is 24.6 Å². The second-order valence-electron chi connectivity index (χ2n) is 11.9. The highest BCUT2D eigenvalue weighted by Gasteiger charge is 2.41. The van der Waals surface area contributed by atoms with E-state index < -0.39 is 5.60 Å². The first-order valence-corrected chi connectivity index (χ1v) is 14.0. The number of carbonyl (C=O) groups is 1. The van der Waals surface area contributed by atoms with Crippen LogP contribution in [0.2, 0.25) is 0 Å². The maximum atomic E-state index is 13.0. The second kappa shape index (κ2) is 11.4. The van der Waals surface area contributed by atoms with Crippen molar-refractivity contribution >= 4 is 6.09 Å². The minimum atomic E-state index is -0.565. The number of tetrazole rings is 1. The number of hydrogen-bond acceptors (Lipinski definition) is 8. The van der Waals surface area contributed by atoms with Gasteiger partial charge in [0, 0.05) is 37.5 Å². The average Bonchev–Trinajstić information content (AvgIpc) is 3.42. The molecule has 5 rings (SSSR count). The molecule has 2 aromatic carbocycles. The van der Waals surface area contributed by atoms with Crippen LogP contribution in [-0.2, 0) is 17.6 Å². The lowest BCUT2D eigenvalue weighted by Gasteiger charge is -2.48. The Morgan fingerprint density at radius 2 is 1.98 bits per heavy atom. The van der Waals surface area contributed by atoms with Gasteiger partial charge < -0.3 is 19.5 Å². The number of aromatic nitrogens is 4. The van der Waals surface area contributed by atoms with Gasteiger partial charge in [0.15, 0.2) is 17.3 Å². The van der Waals surface area contributed by atoms with Crippen LogP contribution in [0.15, 0.2) is 30.3 Å². The van der Waals surface area contributed by atoms with Crippen molar-refractivity contribution in [2.75, 3.05) is 26.8 Å². The van der Waals surface area contributed by atoms with Gasteiger partial charge in [-0.1, -0.05) is 23.8 Å². The van der Waals surface area contributed by atoms with E-state index in [1.165, 1.54) is 27.8 Å². The summed E-state index contributed by atoms with van der Waals surface area (Å²) in [5, 5.41) is 17.2. The number of methoxy groups -OCH3 is 1. The van der Waals surface area contributed by atoms with Crippen molar-refractivity contribution in [2.24, 2.45) is 0 Å². The van der Waals surface area contributed by atoms with E-state index in [9.17, 15) is 4.79 Å². The topological polar surface area (TPSA) is 114 Å². The van der Waals surface area contributed by atoms with Gasteiger partial charge in [0.25, 0.3) is 0 Å². The molecular weight excluding hydrogens is 508 g/mol. The van der Waals surface area contributed by atoms with Crippen LogP contribution in [-0.4, -0.2) is 70.1 Å². The van der Waals surface area contributed by atoms with Crippen LogP contribution in [0.3, 0.4) is 0 Å². The normalized spacial score (nSPS) is 20.8. The van der Waals surface area contributed by atoms with Crippen LogP contribution in [0.1, 0.15) is 72.8 Å². The molecule has 0 spiro atoms. The summed E-state index contributed by atoms with van der Waals surface area (Å²) in [6.45, 7) is 12.2. The lowest BCUT2D eigenvalue weighted by molar-refractivity contribution is 0.0412. The molecule has 0 bridgehead atoms. The summed E-state index contributed by atoms with van der Waals surface area (Å²) < 4.78 is 17.5. The van der Waals surface area contributed by atoms with Gasteiger partial charge in [0.05, 0.1) is 13.7 Å². The highest BCUT2D eigenvalue weighted by Crippen LogP contribution is 2.45. The lowest BCUT2D eigenvalue weighted by atomic mass is 9.76. The highest BCUT2D eigenvalue weighted by atomic mass is 16.6. The Morgan fingerprint density at radius 1 is 1.15 bits per heavy atom. The third-order valence-corrected chi connectivity index (χ3v) is 7.81. The monoisotopic (exact) mass is 548 g/mol. The molecule has 2 N–H and O–H groups in total. The number of carbonyl (C=O) groups excluding carboxylic acids is 1. The predicted molar refractivity (Wildman–Crippen MR) is 151 cm³/mol. The molecule has 10 nitrogen and oxygen atoms in total. The number of ether oxygens (including phenoxy) is 3. The average molecular weight is 549 g/mol. The molecule has 3 unspecified atom stereocenters. The number of rotatable bonds is 7. The smallest absolute Gasteiger partial charge is 0.407 e. The van der Waals surface area contributed by atoms with Crippen molar-refractivity contribution in [1.82, 2.24) is 30.8 Å². The van der Waals surface area contributed by atoms with Crippen LogP contribution in [0.25, 0.3) is 0 Å². The molecule has 1 saturated heterocycles. The molecule has 2 aliphatic heterocycles. The zero-order chi connectivity index (χ0) is 28.4. The van der Waals surface area contributed by atoms with Gasteiger partial charge in [0.2, 0.25) is 0 Å². The minimum Gasteiger partial charge on any atom is -0.493 e. The third kappa shape index (κ3) is 6.22. The summed E-state index contributed by atoms with van der Waals surface area (Å²) >= 11 is 0. The fourth-order valence-corrected chi connectivity index (χ4v) is 5.95. The zero-order valence-corrected chi connectivity index (χ0v) is 24.3. The molecule has 3 aromatic rings. The van der Waals surface area contributed by atoms with E-state index in [4.69, 9.17) is 14.2 Å². The van der Waals surface area contributed by atoms with E-state index in [0.717, 1.165) is 31.7 Å². The summed E-state index contributed by atoms with van der Waals surface area (Å²) in [5.41, 5.74) is 5.66. The van der Waals surface area contributed by atoms with Crippen molar-refractivity contribution < 1.29 is 19.0 Å². The molecule has 10 heteroatoms. The molecule has 3 heterocycles. The third-order valence-electron chi connectivity index (χ3n) is 7.81. The molecule has 1 aromatic heterocycles. The SMILES string of the molecule is COc1cc2c(cc1OCCc1nnn[nH]1)CCN1CC(c3cc(C)ccc3C)C(NC(=O)OC(C)(C)C)CC21. The number of aryl methyl sites for hydroxylation is 2. The van der Waals surface area contributed by atoms with Crippen molar-refractivity contribution in [3.8, 4) is 11.5 Å². The Bertz CT molecular complexity index is 1340. The Kier molecular flexibility index (Phi) is 7.98. The fourth-order valence-electron chi connectivity index (χ4n) is 5.95. The summed E-state index contributed by atoms with van der Waals surface area (Å²) in [6.07, 6.45) is 1.88. The Balaban J connectivity index is 1.41. The largest absolute Gasteiger partial charge is 0.493 e. The number of H-pyrrole nitrogens is 1. The van der Waals surface area contributed by atoms with Gasteiger partial charge in [0.1, 0.15) is 5.60 Å². The van der Waals surface area contributed by atoms with Crippen LogP contribution < -0.4 is 14.8 Å². The first-order chi connectivity index (χ1) is 19.1. The fraction of sp³-hybridized carbons (Fsp3) is 0.533. The van der Waals surface area contributed by atoms with Gasteiger partial charge in [-0.2, -0.15) is 0 Å². The number of hydrogen-bond donors (Lipinski definition) is 2. The van der Waals surface area contributed by atoms with Crippen LogP contribution >= 0.6 is 0 Å². The molecule has 40 heavy (non-hydrogen) atoms. The first-order valence-electron chi connectivity index (χ1n) is 14.0. The van der Waals surface area contributed by atoms with E-state index in [1.807, 2.05) is 20.8 Å². The van der Waals surface area contributed by atoms with Crippen LogP contribution in [0, 0.1) is 13.8 Å². The molecule has 0 aliphatic carbocycles. The highest BCUT2D eigenvalue weighted by molar-refractivity contribution is 5.68. The summed E-state index contributed by atoms with van der Waals surface area (Å²) in [4.78, 5) is 15.5. The number of nitrogens with zero attached hydrogens (tertiary/aromatic N) is 4. The van der Waals surface area contributed by atoms with Gasteiger partial charge in [-0.3, -0.25) is 4.90 Å². The Morgan fingerprint density at radius 3 is 2.70 bits per heavy atom. The van der Waals surface area contributed by atoms with Gasteiger partial charge >= 0.3 is 6.09 Å².